The van der Waals surface area contributed by atoms with E-state index < -0.39 is 0 Å². The van der Waals surface area contributed by atoms with E-state index in [0.29, 0.717) is 11.6 Å². The summed E-state index contributed by atoms with van der Waals surface area (Å²) in [6.07, 6.45) is 0. The zero-order valence-electron chi connectivity index (χ0n) is 12.1. The smallest absolute Gasteiger partial charge is 0.163 e. The molecule has 0 bridgehead atoms. The largest absolute Gasteiger partial charge is 0.351 e. The van der Waals surface area contributed by atoms with E-state index in [1.165, 1.54) is 5.56 Å². The summed E-state index contributed by atoms with van der Waals surface area (Å²) >= 11 is 3.58. The summed E-state index contributed by atoms with van der Waals surface area (Å²) in [5.74, 6) is 1.29. The highest BCUT2D eigenvalue weighted by atomic mass is 79.9. The maximum absolute atomic E-state index is 8.81. The van der Waals surface area contributed by atoms with Crippen molar-refractivity contribution < 1.29 is 0 Å². The van der Waals surface area contributed by atoms with E-state index in [0.717, 1.165) is 23.4 Å². The normalized spacial score (nSPS) is 10.4. The molecule has 0 unspecified atom stereocenters. The van der Waals surface area contributed by atoms with Crippen molar-refractivity contribution in [2.45, 2.75) is 20.4 Å². The quantitative estimate of drug-likeness (QED) is 0.828. The topological polar surface area (TPSA) is 52.8 Å². The molecule has 0 aliphatic rings. The van der Waals surface area contributed by atoms with Gasteiger partial charge in [0, 0.05) is 17.6 Å². The molecule has 21 heavy (non-hydrogen) atoms. The fourth-order valence-corrected chi connectivity index (χ4v) is 2.48. The molecule has 0 fully saturated rings. The Kier molecular flexibility index (Phi) is 5.29. The predicted octanol–water partition coefficient (Wildman–Crippen LogP) is 3.77. The monoisotopic (exact) mass is 344 g/mol. The highest BCUT2D eigenvalue weighted by Gasteiger charge is 2.13. The molecule has 1 aromatic carbocycles. The fraction of sp³-hybridized carbons (Fsp3) is 0.312. The van der Waals surface area contributed by atoms with Gasteiger partial charge in [-0.15, -0.1) is 10.2 Å². The Bertz CT molecular complexity index is 631. The summed E-state index contributed by atoms with van der Waals surface area (Å²) in [4.78, 5) is 2.18. The Labute approximate surface area is 133 Å². The molecule has 2 aromatic rings. The van der Waals surface area contributed by atoms with Crippen LogP contribution in [0.3, 0.4) is 0 Å². The Morgan fingerprint density at radius 2 is 1.95 bits per heavy atom. The average molecular weight is 345 g/mol. The minimum atomic E-state index is 0.337. The lowest BCUT2D eigenvalue weighted by Crippen LogP contribution is -2.28. The third kappa shape index (κ3) is 4.27. The van der Waals surface area contributed by atoms with E-state index in [9.17, 15) is 0 Å². The van der Waals surface area contributed by atoms with Gasteiger partial charge in [0.1, 0.15) is 6.07 Å². The molecule has 1 heterocycles. The van der Waals surface area contributed by atoms with Gasteiger partial charge in [0.05, 0.1) is 0 Å². The minimum absolute atomic E-state index is 0.337. The molecule has 4 nitrogen and oxygen atoms in total. The van der Waals surface area contributed by atoms with Gasteiger partial charge in [-0.25, -0.2) is 0 Å². The van der Waals surface area contributed by atoms with Gasteiger partial charge in [-0.05, 0) is 29.7 Å². The van der Waals surface area contributed by atoms with Crippen LogP contribution in [0, 0.1) is 17.2 Å². The van der Waals surface area contributed by atoms with Crippen molar-refractivity contribution in [1.82, 2.24) is 10.2 Å². The molecule has 5 heteroatoms. The predicted molar refractivity (Wildman–Crippen MR) is 86.8 cm³/mol. The maximum atomic E-state index is 8.81. The number of nitrogens with zero attached hydrogens (tertiary/aromatic N) is 4. The summed E-state index contributed by atoms with van der Waals surface area (Å²) in [5, 5.41) is 16.9. The van der Waals surface area contributed by atoms with Crippen molar-refractivity contribution >= 4 is 21.7 Å². The van der Waals surface area contributed by atoms with Gasteiger partial charge in [-0.1, -0.05) is 48.0 Å². The summed E-state index contributed by atoms with van der Waals surface area (Å²) < 4.78 is 1.08. The molecule has 0 radical (unpaired) electrons. The molecule has 0 amide bonds. The summed E-state index contributed by atoms with van der Waals surface area (Å²) in [6.45, 7) is 5.97. The number of anilines is 1. The van der Waals surface area contributed by atoms with Gasteiger partial charge in [0.2, 0.25) is 0 Å². The van der Waals surface area contributed by atoms with Crippen molar-refractivity contribution in [3.05, 3.63) is 52.1 Å². The Balaban J connectivity index is 2.25. The molecule has 108 valence electrons. The van der Waals surface area contributed by atoms with Crippen molar-refractivity contribution in [3.63, 3.8) is 0 Å². The molecule has 0 spiro atoms. The molecule has 0 saturated heterocycles. The lowest BCUT2D eigenvalue weighted by molar-refractivity contribution is 0.601. The number of halogens is 1. The lowest BCUT2D eigenvalue weighted by atomic mass is 10.1. The first kappa shape index (κ1) is 15.5. The second kappa shape index (κ2) is 7.19. The number of rotatable bonds is 5. The number of hydrogen-bond donors (Lipinski definition) is 0. The highest BCUT2D eigenvalue weighted by molar-refractivity contribution is 9.10. The van der Waals surface area contributed by atoms with Gasteiger partial charge in [0.15, 0.2) is 11.5 Å². The lowest BCUT2D eigenvalue weighted by Gasteiger charge is -2.25. The van der Waals surface area contributed by atoms with Crippen LogP contribution in [-0.2, 0) is 6.54 Å². The van der Waals surface area contributed by atoms with Gasteiger partial charge >= 0.3 is 0 Å². The number of hydrogen-bond acceptors (Lipinski definition) is 4. The van der Waals surface area contributed by atoms with Gasteiger partial charge in [-0.2, -0.15) is 5.26 Å². The van der Waals surface area contributed by atoms with Crippen LogP contribution < -0.4 is 4.90 Å². The first-order valence-corrected chi connectivity index (χ1v) is 7.61. The highest BCUT2D eigenvalue weighted by Crippen LogP contribution is 2.21. The zero-order valence-corrected chi connectivity index (χ0v) is 13.7. The second-order valence-electron chi connectivity index (χ2n) is 5.25. The van der Waals surface area contributed by atoms with E-state index in [1.54, 1.807) is 6.07 Å². The fourth-order valence-electron chi connectivity index (χ4n) is 2.07. The molecule has 0 aliphatic carbocycles. The second-order valence-corrected chi connectivity index (χ2v) is 6.11. The van der Waals surface area contributed by atoms with Crippen molar-refractivity contribution in [1.29, 1.82) is 5.26 Å². The van der Waals surface area contributed by atoms with Crippen LogP contribution >= 0.6 is 15.9 Å². The Morgan fingerprint density at radius 1 is 1.19 bits per heavy atom. The van der Waals surface area contributed by atoms with E-state index >= 15 is 0 Å². The summed E-state index contributed by atoms with van der Waals surface area (Å²) in [5.41, 5.74) is 1.54. The van der Waals surface area contributed by atoms with E-state index in [-0.39, 0.29) is 0 Å². The Morgan fingerprint density at radius 3 is 2.52 bits per heavy atom. The number of nitriles is 1. The Hall–Kier alpha value is -1.93. The molecule has 0 saturated carbocycles. The van der Waals surface area contributed by atoms with E-state index in [4.69, 9.17) is 5.26 Å². The van der Waals surface area contributed by atoms with Gasteiger partial charge < -0.3 is 4.90 Å². The SMILES string of the molecule is CC(C)CN(Cc1ccccc1Br)c1ccc(C#N)nn1. The van der Waals surface area contributed by atoms with Crippen LogP contribution in [0.2, 0.25) is 0 Å². The van der Waals surface area contributed by atoms with Crippen LogP contribution in [0.25, 0.3) is 0 Å². The van der Waals surface area contributed by atoms with Crippen LogP contribution in [0.1, 0.15) is 25.1 Å². The summed E-state index contributed by atoms with van der Waals surface area (Å²) in [6, 6.07) is 13.7. The van der Waals surface area contributed by atoms with Crippen molar-refractivity contribution in [2.24, 2.45) is 5.92 Å². The zero-order chi connectivity index (χ0) is 15.2. The van der Waals surface area contributed by atoms with E-state index in [2.05, 4.69) is 50.9 Å². The summed E-state index contributed by atoms with van der Waals surface area (Å²) in [7, 11) is 0. The average Bonchev–Trinajstić information content (AvgIpc) is 2.48. The molecule has 2 rings (SSSR count). The molecular formula is C16H17BrN4. The number of benzene rings is 1. The van der Waals surface area contributed by atoms with E-state index in [1.807, 2.05) is 30.3 Å². The van der Waals surface area contributed by atoms with Gasteiger partial charge in [0.25, 0.3) is 0 Å². The molecule has 0 N–H and O–H groups in total. The van der Waals surface area contributed by atoms with Gasteiger partial charge in [-0.3, -0.25) is 0 Å². The van der Waals surface area contributed by atoms with Crippen molar-refractivity contribution in [2.75, 3.05) is 11.4 Å². The van der Waals surface area contributed by atoms with Crippen LogP contribution in [0.4, 0.5) is 5.82 Å². The first-order chi connectivity index (χ1) is 10.1. The van der Waals surface area contributed by atoms with Crippen LogP contribution in [-0.4, -0.2) is 16.7 Å². The van der Waals surface area contributed by atoms with Crippen LogP contribution in [0.15, 0.2) is 40.9 Å². The molecular weight excluding hydrogens is 328 g/mol. The third-order valence-electron chi connectivity index (χ3n) is 2.99. The van der Waals surface area contributed by atoms with Crippen molar-refractivity contribution in [3.8, 4) is 6.07 Å². The standard InChI is InChI=1S/C16H17BrN4/c1-12(2)10-21(11-13-5-3-4-6-15(13)17)16-8-7-14(9-18)19-20-16/h3-8,12H,10-11H2,1-2H3. The first-order valence-electron chi connectivity index (χ1n) is 6.82. The molecule has 0 atom stereocenters. The minimum Gasteiger partial charge on any atom is -0.351 e. The number of aromatic nitrogens is 2. The molecule has 1 aromatic heterocycles. The molecule has 0 aliphatic heterocycles. The maximum Gasteiger partial charge on any atom is 0.163 e. The third-order valence-corrected chi connectivity index (χ3v) is 3.77. The van der Waals surface area contributed by atoms with Crippen LogP contribution in [0.5, 0.6) is 0 Å².